The molecule has 120 valence electrons. The van der Waals surface area contributed by atoms with Crippen molar-refractivity contribution in [1.29, 1.82) is 0 Å². The van der Waals surface area contributed by atoms with Crippen molar-refractivity contribution in [2.75, 3.05) is 0 Å². The molecule has 0 aliphatic carbocycles. The highest BCUT2D eigenvalue weighted by atomic mass is 16.1. The van der Waals surface area contributed by atoms with Gasteiger partial charge in [0, 0.05) is 29.7 Å². The topological polar surface area (TPSA) is 46.9 Å². The molecule has 1 unspecified atom stereocenters. The fraction of sp³-hybridized carbons (Fsp3) is 0.368. The third-order valence-corrected chi connectivity index (χ3v) is 4.39. The molecule has 4 heteroatoms. The number of amides is 1. The number of hydrogen-bond donors (Lipinski definition) is 1. The summed E-state index contributed by atoms with van der Waals surface area (Å²) in [6, 6.07) is 8.48. The minimum atomic E-state index is 0.0312. The summed E-state index contributed by atoms with van der Waals surface area (Å²) < 4.78 is 1.99. The summed E-state index contributed by atoms with van der Waals surface area (Å²) in [4.78, 5) is 16.1. The van der Waals surface area contributed by atoms with Crippen LogP contribution in [0, 0.1) is 5.92 Å². The highest BCUT2D eigenvalue weighted by molar-refractivity contribution is 5.88. The van der Waals surface area contributed by atoms with Crippen LogP contribution in [0.4, 0.5) is 0 Å². The highest BCUT2D eigenvalue weighted by Crippen LogP contribution is 2.31. The van der Waals surface area contributed by atoms with Crippen LogP contribution in [0.25, 0.3) is 11.3 Å². The molecule has 2 heterocycles. The van der Waals surface area contributed by atoms with E-state index in [4.69, 9.17) is 0 Å². The summed E-state index contributed by atoms with van der Waals surface area (Å²) in [5.41, 5.74) is 4.68. The Balaban J connectivity index is 1.91. The normalized spacial score (nSPS) is 18.2. The third-order valence-electron chi connectivity index (χ3n) is 4.39. The van der Waals surface area contributed by atoms with E-state index in [0.717, 1.165) is 37.1 Å². The predicted octanol–water partition coefficient (Wildman–Crippen LogP) is 3.93. The molecule has 0 saturated heterocycles. The van der Waals surface area contributed by atoms with Gasteiger partial charge in [-0.25, -0.2) is 4.98 Å². The fourth-order valence-electron chi connectivity index (χ4n) is 2.98. The predicted molar refractivity (Wildman–Crippen MR) is 91.9 cm³/mol. The highest BCUT2D eigenvalue weighted by Gasteiger charge is 2.24. The summed E-state index contributed by atoms with van der Waals surface area (Å²) in [7, 11) is 0. The largest absolute Gasteiger partial charge is 0.329 e. The number of imidazole rings is 1. The second-order valence-corrected chi connectivity index (χ2v) is 6.17. The van der Waals surface area contributed by atoms with Crippen molar-refractivity contribution in [3.63, 3.8) is 0 Å². The van der Waals surface area contributed by atoms with Crippen molar-refractivity contribution in [3.05, 3.63) is 54.2 Å². The molecule has 0 spiro atoms. The Labute approximate surface area is 137 Å². The smallest absolute Gasteiger partial charge is 0.227 e. The lowest BCUT2D eigenvalue weighted by molar-refractivity contribution is -0.124. The van der Waals surface area contributed by atoms with Gasteiger partial charge < -0.3 is 9.88 Å². The molecule has 2 aromatic rings. The quantitative estimate of drug-likeness (QED) is 0.909. The van der Waals surface area contributed by atoms with Crippen molar-refractivity contribution in [1.82, 2.24) is 14.9 Å². The number of hydrogen-bond acceptors (Lipinski definition) is 2. The maximum Gasteiger partial charge on any atom is 0.227 e. The number of allylic oxidation sites excluding steroid dienone is 2. The molecular formula is C19H23N3O. The summed E-state index contributed by atoms with van der Waals surface area (Å²) in [5.74, 6) is 0.179. The van der Waals surface area contributed by atoms with E-state index < -0.39 is 0 Å². The summed E-state index contributed by atoms with van der Waals surface area (Å²) in [6.45, 7) is 4.17. The van der Waals surface area contributed by atoms with Gasteiger partial charge in [-0.05, 0) is 42.5 Å². The van der Waals surface area contributed by atoms with Gasteiger partial charge in [0.25, 0.3) is 0 Å². The molecule has 1 N–H and O–H groups in total. The number of nitrogens with zero attached hydrogens (tertiary/aromatic N) is 2. The SMILES string of the molecule is CCCCC1=C(c2ccc(-n3ccnc3)cc2)CC(C)C(=O)N1. The third kappa shape index (κ3) is 3.36. The van der Waals surface area contributed by atoms with Gasteiger partial charge in [0.15, 0.2) is 0 Å². The molecule has 4 nitrogen and oxygen atoms in total. The second kappa shape index (κ2) is 6.82. The van der Waals surface area contributed by atoms with Crippen LogP contribution < -0.4 is 5.32 Å². The van der Waals surface area contributed by atoms with Gasteiger partial charge in [-0.3, -0.25) is 4.79 Å². The van der Waals surface area contributed by atoms with Crippen LogP contribution in [0.15, 0.2) is 48.7 Å². The van der Waals surface area contributed by atoms with Crippen LogP contribution in [-0.4, -0.2) is 15.5 Å². The van der Waals surface area contributed by atoms with Gasteiger partial charge >= 0.3 is 0 Å². The summed E-state index contributed by atoms with van der Waals surface area (Å²) in [5, 5.41) is 3.12. The molecule has 1 aromatic carbocycles. The van der Waals surface area contributed by atoms with Crippen LogP contribution in [-0.2, 0) is 4.79 Å². The molecule has 1 aromatic heterocycles. The molecule has 1 atom stereocenters. The van der Waals surface area contributed by atoms with E-state index in [0.29, 0.717) is 0 Å². The average molecular weight is 309 g/mol. The Bertz CT molecular complexity index is 699. The zero-order valence-corrected chi connectivity index (χ0v) is 13.7. The molecular weight excluding hydrogens is 286 g/mol. The van der Waals surface area contributed by atoms with E-state index in [9.17, 15) is 4.79 Å². The first-order valence-electron chi connectivity index (χ1n) is 8.30. The van der Waals surface area contributed by atoms with Gasteiger partial charge in [0.2, 0.25) is 5.91 Å². The van der Waals surface area contributed by atoms with Crippen molar-refractivity contribution in [3.8, 4) is 5.69 Å². The lowest BCUT2D eigenvalue weighted by Gasteiger charge is -2.26. The first kappa shape index (κ1) is 15.5. The summed E-state index contributed by atoms with van der Waals surface area (Å²) >= 11 is 0. The first-order valence-corrected chi connectivity index (χ1v) is 8.30. The standard InChI is InChI=1S/C19H23N3O/c1-3-4-5-18-17(12-14(2)19(23)21-18)15-6-8-16(9-7-15)22-11-10-20-13-22/h6-11,13-14H,3-5,12H2,1-2H3,(H,21,23). The van der Waals surface area contributed by atoms with E-state index >= 15 is 0 Å². The zero-order valence-electron chi connectivity index (χ0n) is 13.7. The number of unbranched alkanes of at least 4 members (excludes halogenated alkanes) is 1. The molecule has 0 radical (unpaired) electrons. The maximum atomic E-state index is 12.0. The van der Waals surface area contributed by atoms with Gasteiger partial charge in [-0.1, -0.05) is 32.4 Å². The minimum Gasteiger partial charge on any atom is -0.329 e. The van der Waals surface area contributed by atoms with E-state index in [1.807, 2.05) is 17.7 Å². The Morgan fingerprint density at radius 2 is 2.09 bits per heavy atom. The van der Waals surface area contributed by atoms with Gasteiger partial charge in [0.1, 0.15) is 0 Å². The number of carbonyl (C=O) groups excluding carboxylic acids is 1. The Kier molecular flexibility index (Phi) is 4.60. The lowest BCUT2D eigenvalue weighted by Crippen LogP contribution is -2.33. The maximum absolute atomic E-state index is 12.0. The monoisotopic (exact) mass is 309 g/mol. The Morgan fingerprint density at radius 3 is 2.74 bits per heavy atom. The van der Waals surface area contributed by atoms with Gasteiger partial charge in [-0.2, -0.15) is 0 Å². The molecule has 0 bridgehead atoms. The van der Waals surface area contributed by atoms with E-state index in [-0.39, 0.29) is 11.8 Å². The number of aromatic nitrogens is 2. The van der Waals surface area contributed by atoms with Crippen LogP contribution in [0.3, 0.4) is 0 Å². The van der Waals surface area contributed by atoms with E-state index in [1.54, 1.807) is 12.5 Å². The summed E-state index contributed by atoms with van der Waals surface area (Å²) in [6.07, 6.45) is 9.48. The molecule has 1 aliphatic rings. The van der Waals surface area contributed by atoms with Crippen molar-refractivity contribution < 1.29 is 4.79 Å². The average Bonchev–Trinajstić information content (AvgIpc) is 3.10. The second-order valence-electron chi connectivity index (χ2n) is 6.17. The molecule has 1 amide bonds. The van der Waals surface area contributed by atoms with Crippen LogP contribution >= 0.6 is 0 Å². The molecule has 0 fully saturated rings. The Hall–Kier alpha value is -2.36. The molecule has 3 rings (SSSR count). The minimum absolute atomic E-state index is 0.0312. The van der Waals surface area contributed by atoms with Crippen molar-refractivity contribution >= 4 is 11.5 Å². The van der Waals surface area contributed by atoms with Crippen LogP contribution in [0.5, 0.6) is 0 Å². The fourth-order valence-corrected chi connectivity index (χ4v) is 2.98. The first-order chi connectivity index (χ1) is 11.2. The number of carbonyl (C=O) groups is 1. The van der Waals surface area contributed by atoms with Gasteiger partial charge in [0.05, 0.1) is 6.33 Å². The van der Waals surface area contributed by atoms with Crippen LogP contribution in [0.2, 0.25) is 0 Å². The van der Waals surface area contributed by atoms with Crippen molar-refractivity contribution in [2.45, 2.75) is 39.5 Å². The van der Waals surface area contributed by atoms with Crippen LogP contribution in [0.1, 0.15) is 45.1 Å². The Morgan fingerprint density at radius 1 is 1.30 bits per heavy atom. The van der Waals surface area contributed by atoms with E-state index in [2.05, 4.69) is 41.5 Å². The van der Waals surface area contributed by atoms with Crippen molar-refractivity contribution in [2.24, 2.45) is 5.92 Å². The zero-order chi connectivity index (χ0) is 16.2. The number of rotatable bonds is 5. The molecule has 23 heavy (non-hydrogen) atoms. The molecule has 1 aliphatic heterocycles. The van der Waals surface area contributed by atoms with Gasteiger partial charge in [-0.15, -0.1) is 0 Å². The molecule has 0 saturated carbocycles. The van der Waals surface area contributed by atoms with E-state index in [1.165, 1.54) is 11.1 Å². The number of benzene rings is 1. The number of nitrogens with one attached hydrogen (secondary N) is 1. The lowest BCUT2D eigenvalue weighted by atomic mass is 9.88.